The molecule has 2 rings (SSSR count). The molecule has 0 aliphatic rings. The van der Waals surface area contributed by atoms with Crippen LogP contribution in [0.25, 0.3) is 10.8 Å². The summed E-state index contributed by atoms with van der Waals surface area (Å²) in [4.78, 5) is 0. The molecule has 0 bridgehead atoms. The number of benzene rings is 2. The minimum Gasteiger partial charge on any atom is -0.508 e. The zero-order valence-corrected chi connectivity index (χ0v) is 13.7. The summed E-state index contributed by atoms with van der Waals surface area (Å²) < 4.78 is 5.82. The van der Waals surface area contributed by atoms with E-state index in [2.05, 4.69) is 6.92 Å². The number of hydrogen-bond donors (Lipinski definition) is 1. The third-order valence-electron chi connectivity index (χ3n) is 4.06. The highest BCUT2D eigenvalue weighted by Crippen LogP contribution is 2.24. The van der Waals surface area contributed by atoms with E-state index in [9.17, 15) is 5.11 Å². The fourth-order valence-corrected chi connectivity index (χ4v) is 2.73. The molecule has 0 aromatic heterocycles. The lowest BCUT2D eigenvalue weighted by Gasteiger charge is -2.07. The van der Waals surface area contributed by atoms with E-state index in [0.29, 0.717) is 5.75 Å². The van der Waals surface area contributed by atoms with Crippen molar-refractivity contribution in [2.45, 2.75) is 58.3 Å². The lowest BCUT2D eigenvalue weighted by molar-refractivity contribution is 0.304. The van der Waals surface area contributed by atoms with Gasteiger partial charge < -0.3 is 9.84 Å². The van der Waals surface area contributed by atoms with Gasteiger partial charge in [0.1, 0.15) is 11.5 Å². The molecule has 0 unspecified atom stereocenters. The second kappa shape index (κ2) is 9.34. The highest BCUT2D eigenvalue weighted by Gasteiger charge is 1.99. The van der Waals surface area contributed by atoms with Crippen LogP contribution in [0.15, 0.2) is 36.4 Å². The number of phenols is 1. The van der Waals surface area contributed by atoms with Crippen molar-refractivity contribution in [3.63, 3.8) is 0 Å². The van der Waals surface area contributed by atoms with Crippen molar-refractivity contribution in [2.24, 2.45) is 0 Å². The van der Waals surface area contributed by atoms with Gasteiger partial charge in [0.15, 0.2) is 0 Å². The molecular weight excluding hydrogens is 272 g/mol. The van der Waals surface area contributed by atoms with Gasteiger partial charge >= 0.3 is 0 Å². The Labute approximate surface area is 134 Å². The Kier molecular flexibility index (Phi) is 7.08. The third kappa shape index (κ3) is 5.59. The quantitative estimate of drug-likeness (QED) is 0.540. The number of aromatic hydroxyl groups is 1. The molecule has 0 aliphatic heterocycles. The average molecular weight is 300 g/mol. The van der Waals surface area contributed by atoms with E-state index in [1.54, 1.807) is 12.1 Å². The Hall–Kier alpha value is -1.70. The molecular formula is C20H28O2. The third-order valence-corrected chi connectivity index (χ3v) is 4.06. The number of rotatable bonds is 10. The van der Waals surface area contributed by atoms with E-state index in [0.717, 1.165) is 29.5 Å². The standard InChI is InChI=1S/C20H28O2/c1-2-3-4-5-6-7-8-9-14-22-20-13-11-17-10-12-19(21)15-18(17)16-20/h10-13,15-16,21H,2-9,14H2,1H3. The Morgan fingerprint density at radius 1 is 0.773 bits per heavy atom. The highest BCUT2D eigenvalue weighted by molar-refractivity contribution is 5.85. The lowest BCUT2D eigenvalue weighted by atomic mass is 10.1. The Morgan fingerprint density at radius 3 is 2.23 bits per heavy atom. The average Bonchev–Trinajstić information content (AvgIpc) is 2.53. The summed E-state index contributed by atoms with van der Waals surface area (Å²) in [7, 11) is 0. The van der Waals surface area contributed by atoms with Crippen LogP contribution in [0.2, 0.25) is 0 Å². The minimum atomic E-state index is 0.299. The minimum absolute atomic E-state index is 0.299. The second-order valence-corrected chi connectivity index (χ2v) is 6.02. The van der Waals surface area contributed by atoms with Gasteiger partial charge in [0.2, 0.25) is 0 Å². The van der Waals surface area contributed by atoms with E-state index < -0.39 is 0 Å². The van der Waals surface area contributed by atoms with Crippen LogP contribution in [-0.4, -0.2) is 11.7 Å². The van der Waals surface area contributed by atoms with E-state index in [1.807, 2.05) is 24.3 Å². The molecule has 2 heteroatoms. The van der Waals surface area contributed by atoms with Crippen molar-refractivity contribution < 1.29 is 9.84 Å². The van der Waals surface area contributed by atoms with Crippen molar-refractivity contribution >= 4 is 10.8 Å². The van der Waals surface area contributed by atoms with Crippen LogP contribution in [0.3, 0.4) is 0 Å². The van der Waals surface area contributed by atoms with Crippen molar-refractivity contribution in [2.75, 3.05) is 6.61 Å². The Bertz CT molecular complexity index is 563. The molecule has 120 valence electrons. The molecule has 0 saturated heterocycles. The normalized spacial score (nSPS) is 11.0. The lowest BCUT2D eigenvalue weighted by Crippen LogP contribution is -1.97. The van der Waals surface area contributed by atoms with E-state index >= 15 is 0 Å². The van der Waals surface area contributed by atoms with Crippen LogP contribution >= 0.6 is 0 Å². The first kappa shape index (κ1) is 16.7. The molecule has 2 nitrogen and oxygen atoms in total. The van der Waals surface area contributed by atoms with Crippen molar-refractivity contribution in [3.05, 3.63) is 36.4 Å². The van der Waals surface area contributed by atoms with Gasteiger partial charge in [0, 0.05) is 0 Å². The fraction of sp³-hybridized carbons (Fsp3) is 0.500. The number of hydrogen-bond acceptors (Lipinski definition) is 2. The molecule has 0 aliphatic carbocycles. The Morgan fingerprint density at radius 2 is 1.45 bits per heavy atom. The monoisotopic (exact) mass is 300 g/mol. The maximum Gasteiger partial charge on any atom is 0.119 e. The first-order chi connectivity index (χ1) is 10.8. The topological polar surface area (TPSA) is 29.5 Å². The maximum atomic E-state index is 9.53. The van der Waals surface area contributed by atoms with E-state index in [1.165, 1.54) is 44.9 Å². The van der Waals surface area contributed by atoms with Gasteiger partial charge in [-0.2, -0.15) is 0 Å². The molecule has 0 heterocycles. The molecule has 0 amide bonds. The van der Waals surface area contributed by atoms with Gasteiger partial charge in [-0.1, -0.05) is 64.0 Å². The number of unbranched alkanes of at least 4 members (excludes halogenated alkanes) is 7. The first-order valence-corrected chi connectivity index (χ1v) is 8.65. The highest BCUT2D eigenvalue weighted by atomic mass is 16.5. The van der Waals surface area contributed by atoms with Crippen LogP contribution < -0.4 is 4.74 Å². The first-order valence-electron chi connectivity index (χ1n) is 8.65. The molecule has 0 fully saturated rings. The summed E-state index contributed by atoms with van der Waals surface area (Å²) in [6, 6.07) is 11.5. The molecule has 22 heavy (non-hydrogen) atoms. The molecule has 2 aromatic rings. The zero-order valence-electron chi connectivity index (χ0n) is 13.7. The van der Waals surface area contributed by atoms with Crippen LogP contribution in [0, 0.1) is 0 Å². The fourth-order valence-electron chi connectivity index (χ4n) is 2.73. The van der Waals surface area contributed by atoms with Gasteiger partial charge in [-0.3, -0.25) is 0 Å². The second-order valence-electron chi connectivity index (χ2n) is 6.02. The maximum absolute atomic E-state index is 9.53. The van der Waals surface area contributed by atoms with Crippen LogP contribution in [0.5, 0.6) is 11.5 Å². The van der Waals surface area contributed by atoms with Crippen LogP contribution in [0.1, 0.15) is 58.3 Å². The summed E-state index contributed by atoms with van der Waals surface area (Å²) >= 11 is 0. The number of phenolic OH excluding ortho intramolecular Hbond substituents is 1. The molecule has 2 aromatic carbocycles. The Balaban J connectivity index is 1.65. The van der Waals surface area contributed by atoms with Crippen molar-refractivity contribution in [1.82, 2.24) is 0 Å². The molecule has 0 spiro atoms. The van der Waals surface area contributed by atoms with Gasteiger partial charge in [0.05, 0.1) is 6.61 Å². The zero-order chi connectivity index (χ0) is 15.6. The van der Waals surface area contributed by atoms with Crippen LogP contribution in [0.4, 0.5) is 0 Å². The SMILES string of the molecule is CCCCCCCCCCOc1ccc2ccc(O)cc2c1. The van der Waals surface area contributed by atoms with Gasteiger partial charge in [-0.05, 0) is 41.5 Å². The van der Waals surface area contributed by atoms with Crippen molar-refractivity contribution in [1.29, 1.82) is 0 Å². The molecule has 1 N–H and O–H groups in total. The van der Waals surface area contributed by atoms with Crippen molar-refractivity contribution in [3.8, 4) is 11.5 Å². The summed E-state index contributed by atoms with van der Waals surface area (Å²) in [6.07, 6.45) is 10.5. The van der Waals surface area contributed by atoms with E-state index in [4.69, 9.17) is 4.74 Å². The number of ether oxygens (including phenoxy) is 1. The molecule has 0 atom stereocenters. The largest absolute Gasteiger partial charge is 0.508 e. The number of fused-ring (bicyclic) bond motifs is 1. The van der Waals surface area contributed by atoms with Crippen LogP contribution in [-0.2, 0) is 0 Å². The van der Waals surface area contributed by atoms with Gasteiger partial charge in [-0.25, -0.2) is 0 Å². The van der Waals surface area contributed by atoms with Gasteiger partial charge in [0.25, 0.3) is 0 Å². The summed E-state index contributed by atoms with van der Waals surface area (Å²) in [5, 5.41) is 11.7. The summed E-state index contributed by atoms with van der Waals surface area (Å²) in [6.45, 7) is 3.03. The molecule has 0 radical (unpaired) electrons. The summed E-state index contributed by atoms with van der Waals surface area (Å²) in [5.74, 6) is 1.19. The molecule has 0 saturated carbocycles. The summed E-state index contributed by atoms with van der Waals surface area (Å²) in [5.41, 5.74) is 0. The van der Waals surface area contributed by atoms with E-state index in [-0.39, 0.29) is 0 Å². The van der Waals surface area contributed by atoms with Gasteiger partial charge in [-0.15, -0.1) is 0 Å². The predicted octanol–water partition coefficient (Wildman–Crippen LogP) is 6.06. The predicted molar refractivity (Wildman–Crippen MR) is 93.7 cm³/mol. The smallest absolute Gasteiger partial charge is 0.119 e.